The van der Waals surface area contributed by atoms with Crippen LogP contribution in [0.5, 0.6) is 0 Å². The Bertz CT molecular complexity index is 1130. The molecule has 192 valence electrons. The third kappa shape index (κ3) is 7.75. The molecule has 5 atom stereocenters. The van der Waals surface area contributed by atoms with Crippen LogP contribution in [0.2, 0.25) is 0 Å². The smallest absolute Gasteiger partial charge is 0.217 e. The second-order valence-corrected chi connectivity index (χ2v) is 9.01. The second-order valence-electron chi connectivity index (χ2n) is 9.01. The predicted molar refractivity (Wildman–Crippen MR) is 141 cm³/mol. The molecule has 37 heavy (non-hydrogen) atoms. The number of carbonyl (C=O) groups is 1. The van der Waals surface area contributed by atoms with Crippen molar-refractivity contribution in [3.8, 4) is 12.3 Å². The lowest BCUT2D eigenvalue weighted by Crippen LogP contribution is -2.65. The molecule has 1 saturated heterocycles. The van der Waals surface area contributed by atoms with Gasteiger partial charge in [-0.2, -0.15) is 0 Å². The highest BCUT2D eigenvalue weighted by Crippen LogP contribution is 2.28. The molecule has 0 aliphatic carbocycles. The molecule has 1 N–H and O–H groups in total. The summed E-state index contributed by atoms with van der Waals surface area (Å²) in [5, 5.41) is 2.95. The number of rotatable bonds is 11. The number of carbonyl (C=O) groups excluding carboxylic acids is 1. The normalized spacial score (nSPS) is 23.2. The summed E-state index contributed by atoms with van der Waals surface area (Å²) < 4.78 is 25.2. The summed E-state index contributed by atoms with van der Waals surface area (Å²) in [6.07, 6.45) is 3.56. The van der Waals surface area contributed by atoms with Crippen LogP contribution in [-0.4, -0.2) is 43.0 Å². The van der Waals surface area contributed by atoms with E-state index in [0.717, 1.165) is 16.7 Å². The fraction of sp³-hybridized carbons (Fsp3) is 0.323. The first-order chi connectivity index (χ1) is 18.1. The van der Waals surface area contributed by atoms with Gasteiger partial charge in [-0.1, -0.05) is 96.9 Å². The number of hydrogen-bond donors (Lipinski definition) is 1. The summed E-state index contributed by atoms with van der Waals surface area (Å²) in [5.74, 6) is 2.47. The molecule has 3 aromatic carbocycles. The topological polar surface area (TPSA) is 66.0 Å². The van der Waals surface area contributed by atoms with E-state index in [-0.39, 0.29) is 12.5 Å². The highest BCUT2D eigenvalue weighted by molar-refractivity contribution is 5.73. The third-order valence-corrected chi connectivity index (χ3v) is 6.19. The SMILES string of the molecule is C#C[C@H]1O[C@H](COCc2ccccc2)[C@@H](OCc2ccccc2)[C@H](OCc2ccccc2)[C@@H]1NC(C)=O. The zero-order valence-electron chi connectivity index (χ0n) is 21.0. The van der Waals surface area contributed by atoms with E-state index in [9.17, 15) is 4.79 Å². The van der Waals surface area contributed by atoms with E-state index in [1.54, 1.807) is 0 Å². The van der Waals surface area contributed by atoms with Crippen molar-refractivity contribution in [2.24, 2.45) is 0 Å². The van der Waals surface area contributed by atoms with Crippen LogP contribution >= 0.6 is 0 Å². The van der Waals surface area contributed by atoms with Crippen LogP contribution in [0.25, 0.3) is 0 Å². The molecule has 0 aromatic heterocycles. The summed E-state index contributed by atoms with van der Waals surface area (Å²) in [5.41, 5.74) is 3.08. The third-order valence-electron chi connectivity index (χ3n) is 6.19. The Labute approximate surface area is 218 Å². The van der Waals surface area contributed by atoms with Crippen molar-refractivity contribution >= 4 is 5.91 Å². The van der Waals surface area contributed by atoms with E-state index in [0.29, 0.717) is 19.8 Å². The van der Waals surface area contributed by atoms with Gasteiger partial charge in [0.1, 0.15) is 24.4 Å². The first-order valence-corrected chi connectivity index (χ1v) is 12.5. The van der Waals surface area contributed by atoms with Gasteiger partial charge >= 0.3 is 0 Å². The number of hydrogen-bond acceptors (Lipinski definition) is 5. The lowest BCUT2D eigenvalue weighted by atomic mass is 9.92. The van der Waals surface area contributed by atoms with Crippen LogP contribution in [0.1, 0.15) is 23.6 Å². The van der Waals surface area contributed by atoms with Gasteiger partial charge in [0.25, 0.3) is 0 Å². The Morgan fingerprint density at radius 3 is 1.78 bits per heavy atom. The van der Waals surface area contributed by atoms with E-state index in [1.165, 1.54) is 6.92 Å². The number of benzene rings is 3. The van der Waals surface area contributed by atoms with E-state index in [4.69, 9.17) is 25.4 Å². The molecule has 6 nitrogen and oxygen atoms in total. The van der Waals surface area contributed by atoms with Crippen molar-refractivity contribution in [2.45, 2.75) is 57.2 Å². The number of terminal acetylenes is 1. The lowest BCUT2D eigenvalue weighted by Gasteiger charge is -2.45. The summed E-state index contributed by atoms with van der Waals surface area (Å²) in [7, 11) is 0. The van der Waals surface area contributed by atoms with Crippen LogP contribution < -0.4 is 5.32 Å². The second kappa shape index (κ2) is 13.7. The highest BCUT2D eigenvalue weighted by atomic mass is 16.6. The van der Waals surface area contributed by atoms with Crippen molar-refractivity contribution in [1.82, 2.24) is 5.32 Å². The summed E-state index contributed by atoms with van der Waals surface area (Å²) in [6, 6.07) is 29.1. The fourth-order valence-electron chi connectivity index (χ4n) is 4.41. The molecule has 1 aliphatic rings. The molecule has 3 aromatic rings. The Balaban J connectivity index is 1.57. The maximum Gasteiger partial charge on any atom is 0.217 e. The molecular formula is C31H33NO5. The van der Waals surface area contributed by atoms with Gasteiger partial charge < -0.3 is 24.3 Å². The van der Waals surface area contributed by atoms with Crippen LogP contribution in [-0.2, 0) is 43.6 Å². The number of amides is 1. The Morgan fingerprint density at radius 2 is 1.30 bits per heavy atom. The minimum absolute atomic E-state index is 0.220. The summed E-state index contributed by atoms with van der Waals surface area (Å²) >= 11 is 0. The Morgan fingerprint density at radius 1 is 0.811 bits per heavy atom. The number of ether oxygens (including phenoxy) is 4. The minimum atomic E-state index is -0.702. The van der Waals surface area contributed by atoms with Gasteiger partial charge in [-0.05, 0) is 16.7 Å². The molecule has 1 aliphatic heterocycles. The molecule has 4 rings (SSSR count). The van der Waals surface area contributed by atoms with Gasteiger partial charge in [-0.25, -0.2) is 0 Å². The fourth-order valence-corrected chi connectivity index (χ4v) is 4.41. The maximum absolute atomic E-state index is 12.1. The van der Waals surface area contributed by atoms with Crippen LogP contribution in [0.3, 0.4) is 0 Å². The monoisotopic (exact) mass is 499 g/mol. The summed E-state index contributed by atoms with van der Waals surface area (Å²) in [6.45, 7) is 2.82. The molecule has 0 radical (unpaired) electrons. The van der Waals surface area contributed by atoms with Gasteiger partial charge in [-0.3, -0.25) is 4.79 Å². The average Bonchev–Trinajstić information content (AvgIpc) is 2.93. The highest BCUT2D eigenvalue weighted by Gasteiger charge is 2.47. The van der Waals surface area contributed by atoms with Gasteiger partial charge in [0, 0.05) is 6.92 Å². The molecule has 1 fully saturated rings. The molecule has 0 spiro atoms. The van der Waals surface area contributed by atoms with Crippen LogP contribution in [0.4, 0.5) is 0 Å². The predicted octanol–water partition coefficient (Wildman–Crippen LogP) is 4.28. The van der Waals surface area contributed by atoms with E-state index in [1.807, 2.05) is 91.0 Å². The van der Waals surface area contributed by atoms with Crippen molar-refractivity contribution in [2.75, 3.05) is 6.61 Å². The standard InChI is InChI=1S/C31H33NO5/c1-3-27-29(32-23(2)33)31(36-21-26-17-11-6-12-18-26)30(35-20-25-15-9-5-10-16-25)28(37-27)22-34-19-24-13-7-4-8-14-24/h1,4-18,27-31H,19-22H2,2H3,(H,32,33)/t27-,28-,29-,30-,31-/m1/s1. The Kier molecular flexibility index (Phi) is 9.87. The zero-order valence-corrected chi connectivity index (χ0v) is 21.0. The van der Waals surface area contributed by atoms with Gasteiger partial charge in [-0.15, -0.1) is 6.42 Å². The van der Waals surface area contributed by atoms with Crippen molar-refractivity contribution in [3.05, 3.63) is 108 Å². The van der Waals surface area contributed by atoms with Crippen molar-refractivity contribution in [3.63, 3.8) is 0 Å². The maximum atomic E-state index is 12.1. The van der Waals surface area contributed by atoms with Gasteiger partial charge in [0.15, 0.2) is 0 Å². The van der Waals surface area contributed by atoms with Crippen LogP contribution in [0.15, 0.2) is 91.0 Å². The number of nitrogens with one attached hydrogen (secondary N) is 1. The van der Waals surface area contributed by atoms with Crippen molar-refractivity contribution < 1.29 is 23.7 Å². The molecule has 6 heteroatoms. The minimum Gasteiger partial charge on any atom is -0.374 e. The molecule has 0 bridgehead atoms. The van der Waals surface area contributed by atoms with E-state index >= 15 is 0 Å². The summed E-state index contributed by atoms with van der Waals surface area (Å²) in [4.78, 5) is 12.1. The Hall–Kier alpha value is -3.47. The molecule has 1 heterocycles. The quantitative estimate of drug-likeness (QED) is 0.399. The average molecular weight is 500 g/mol. The van der Waals surface area contributed by atoms with Gasteiger partial charge in [0.05, 0.1) is 32.5 Å². The van der Waals surface area contributed by atoms with Crippen molar-refractivity contribution in [1.29, 1.82) is 0 Å². The largest absolute Gasteiger partial charge is 0.374 e. The molecule has 1 amide bonds. The molecular weight excluding hydrogens is 466 g/mol. The first-order valence-electron chi connectivity index (χ1n) is 12.5. The van der Waals surface area contributed by atoms with E-state index in [2.05, 4.69) is 11.2 Å². The molecule has 0 unspecified atom stereocenters. The van der Waals surface area contributed by atoms with Gasteiger partial charge in [0.2, 0.25) is 5.91 Å². The van der Waals surface area contributed by atoms with Crippen LogP contribution in [0, 0.1) is 12.3 Å². The van der Waals surface area contributed by atoms with E-state index < -0.39 is 30.5 Å². The lowest BCUT2D eigenvalue weighted by molar-refractivity contribution is -0.222. The zero-order chi connectivity index (χ0) is 25.9. The first kappa shape index (κ1) is 26.6. The molecule has 0 saturated carbocycles.